The summed E-state index contributed by atoms with van der Waals surface area (Å²) in [5.74, 6) is -0.945. The number of hydrogen-bond acceptors (Lipinski definition) is 4. The number of hydrogen-bond donors (Lipinski definition) is 1. The van der Waals surface area contributed by atoms with Crippen molar-refractivity contribution in [3.63, 3.8) is 0 Å². The van der Waals surface area contributed by atoms with E-state index >= 15 is 0 Å². The number of nitrogens with zero attached hydrogens (tertiary/aromatic N) is 1. The fraction of sp³-hybridized carbons (Fsp3) is 0.115. The molecule has 33 heavy (non-hydrogen) atoms. The molecule has 3 aromatic carbocycles. The first-order chi connectivity index (χ1) is 15.8. The third-order valence-corrected chi connectivity index (χ3v) is 5.49. The maximum Gasteiger partial charge on any atom is 0.335 e. The minimum absolute atomic E-state index is 0.155. The number of carbonyl (C=O) groups is 3. The number of para-hydroxylation sites is 1. The first-order valence-electron chi connectivity index (χ1n) is 10.3. The van der Waals surface area contributed by atoms with Crippen molar-refractivity contribution in [3.05, 3.63) is 99.6 Å². The summed E-state index contributed by atoms with van der Waals surface area (Å²) in [4.78, 5) is 39.4. The van der Waals surface area contributed by atoms with Gasteiger partial charge in [-0.05, 0) is 60.9 Å². The Labute approximate surface area is 196 Å². The number of barbiturate groups is 1. The maximum absolute atomic E-state index is 13.3. The number of rotatable bonds is 5. The van der Waals surface area contributed by atoms with Crippen molar-refractivity contribution >= 4 is 41.2 Å². The van der Waals surface area contributed by atoms with Gasteiger partial charge in [0, 0.05) is 10.6 Å². The molecule has 1 N–H and O–H groups in total. The molecule has 1 fully saturated rings. The molecule has 0 atom stereocenters. The first-order valence-corrected chi connectivity index (χ1v) is 10.7. The standard InChI is InChI=1S/C26H21ClN2O4/c1-16-7-8-17(2)22(13-16)29-25(31)21(24(30)28-26(29)32)14-19-5-3-4-6-23(19)33-15-18-9-11-20(27)12-10-18/h3-14H,15H2,1-2H3,(H,28,30,32)/b21-14+. The molecular weight excluding hydrogens is 440 g/mol. The van der Waals surface area contributed by atoms with Crippen LogP contribution in [0.1, 0.15) is 22.3 Å². The second kappa shape index (κ2) is 9.30. The van der Waals surface area contributed by atoms with E-state index in [4.69, 9.17) is 16.3 Å². The predicted octanol–water partition coefficient (Wildman–Crippen LogP) is 5.20. The van der Waals surface area contributed by atoms with E-state index in [9.17, 15) is 14.4 Å². The van der Waals surface area contributed by atoms with Crippen LogP contribution >= 0.6 is 11.6 Å². The minimum Gasteiger partial charge on any atom is -0.488 e. The zero-order valence-electron chi connectivity index (χ0n) is 18.1. The molecule has 1 saturated heterocycles. The minimum atomic E-state index is -0.775. The van der Waals surface area contributed by atoms with Crippen molar-refractivity contribution in [1.82, 2.24) is 5.32 Å². The molecule has 0 saturated carbocycles. The third-order valence-electron chi connectivity index (χ3n) is 5.23. The molecule has 3 aromatic rings. The number of benzene rings is 3. The number of imide groups is 2. The summed E-state index contributed by atoms with van der Waals surface area (Å²) in [6, 6.07) is 19.0. The second-order valence-corrected chi connectivity index (χ2v) is 8.14. The summed E-state index contributed by atoms with van der Waals surface area (Å²) in [6.07, 6.45) is 1.44. The Balaban J connectivity index is 1.66. The molecule has 0 aromatic heterocycles. The Bertz CT molecular complexity index is 1280. The lowest BCUT2D eigenvalue weighted by Crippen LogP contribution is -2.54. The van der Waals surface area contributed by atoms with Crippen LogP contribution in [-0.4, -0.2) is 17.8 Å². The van der Waals surface area contributed by atoms with Gasteiger partial charge in [0.2, 0.25) is 0 Å². The van der Waals surface area contributed by atoms with Gasteiger partial charge in [-0.3, -0.25) is 14.9 Å². The van der Waals surface area contributed by atoms with E-state index in [1.807, 2.05) is 31.2 Å². The number of urea groups is 1. The summed E-state index contributed by atoms with van der Waals surface area (Å²) >= 11 is 5.93. The Morgan fingerprint density at radius 3 is 2.45 bits per heavy atom. The molecule has 1 aliphatic rings. The van der Waals surface area contributed by atoms with Gasteiger partial charge in [-0.25, -0.2) is 9.69 Å². The summed E-state index contributed by atoms with van der Waals surface area (Å²) in [5.41, 5.74) is 3.37. The van der Waals surface area contributed by atoms with Crippen LogP contribution in [0.3, 0.4) is 0 Å². The molecule has 0 bridgehead atoms. The van der Waals surface area contributed by atoms with Crippen LogP contribution in [0.25, 0.3) is 6.08 Å². The number of halogens is 1. The molecule has 7 heteroatoms. The van der Waals surface area contributed by atoms with Crippen molar-refractivity contribution in [3.8, 4) is 5.75 Å². The van der Waals surface area contributed by atoms with Crippen molar-refractivity contribution in [1.29, 1.82) is 0 Å². The fourth-order valence-electron chi connectivity index (χ4n) is 3.47. The smallest absolute Gasteiger partial charge is 0.335 e. The van der Waals surface area contributed by atoms with E-state index < -0.39 is 17.8 Å². The third kappa shape index (κ3) is 4.81. The van der Waals surface area contributed by atoms with E-state index in [0.29, 0.717) is 22.0 Å². The number of carbonyl (C=O) groups excluding carboxylic acids is 3. The average Bonchev–Trinajstić information content (AvgIpc) is 2.79. The van der Waals surface area contributed by atoms with Gasteiger partial charge in [-0.1, -0.05) is 54.1 Å². The fourth-order valence-corrected chi connectivity index (χ4v) is 3.59. The SMILES string of the molecule is Cc1ccc(C)c(N2C(=O)NC(=O)/C(=C\c3ccccc3OCc3ccc(Cl)cc3)C2=O)c1. The summed E-state index contributed by atoms with van der Waals surface area (Å²) in [5, 5.41) is 2.90. The molecule has 4 rings (SSSR count). The van der Waals surface area contributed by atoms with Crippen molar-refractivity contribution < 1.29 is 19.1 Å². The lowest BCUT2D eigenvalue weighted by molar-refractivity contribution is -0.122. The molecule has 0 spiro atoms. The molecule has 0 unspecified atom stereocenters. The highest BCUT2D eigenvalue weighted by atomic mass is 35.5. The van der Waals surface area contributed by atoms with Crippen LogP contribution in [0.5, 0.6) is 5.75 Å². The average molecular weight is 461 g/mol. The van der Waals surface area contributed by atoms with Gasteiger partial charge in [-0.15, -0.1) is 0 Å². The number of ether oxygens (including phenoxy) is 1. The summed E-state index contributed by atoms with van der Waals surface area (Å²) < 4.78 is 5.93. The van der Waals surface area contributed by atoms with E-state index in [1.165, 1.54) is 6.08 Å². The van der Waals surface area contributed by atoms with Crippen LogP contribution in [0.4, 0.5) is 10.5 Å². The molecular formula is C26H21ClN2O4. The number of amides is 4. The van der Waals surface area contributed by atoms with Crippen LogP contribution in [0.2, 0.25) is 5.02 Å². The zero-order chi connectivity index (χ0) is 23.5. The Kier molecular flexibility index (Phi) is 6.29. The second-order valence-electron chi connectivity index (χ2n) is 7.70. The molecule has 166 valence electrons. The quantitative estimate of drug-likeness (QED) is 0.419. The summed E-state index contributed by atoms with van der Waals surface area (Å²) in [6.45, 7) is 3.95. The van der Waals surface area contributed by atoms with Crippen LogP contribution in [0.15, 0.2) is 72.3 Å². The van der Waals surface area contributed by atoms with Gasteiger partial charge in [0.15, 0.2) is 0 Å². The van der Waals surface area contributed by atoms with E-state index in [1.54, 1.807) is 49.4 Å². The van der Waals surface area contributed by atoms with Gasteiger partial charge in [-0.2, -0.15) is 0 Å². The Morgan fingerprint density at radius 2 is 1.70 bits per heavy atom. The monoisotopic (exact) mass is 460 g/mol. The van der Waals surface area contributed by atoms with Crippen molar-refractivity contribution in [2.24, 2.45) is 0 Å². The van der Waals surface area contributed by atoms with Crippen LogP contribution < -0.4 is 15.0 Å². The van der Waals surface area contributed by atoms with Gasteiger partial charge < -0.3 is 4.74 Å². The lowest BCUT2D eigenvalue weighted by Gasteiger charge is -2.28. The zero-order valence-corrected chi connectivity index (χ0v) is 18.8. The molecule has 1 aliphatic heterocycles. The van der Waals surface area contributed by atoms with Gasteiger partial charge in [0.05, 0.1) is 5.69 Å². The van der Waals surface area contributed by atoms with E-state index in [2.05, 4.69) is 5.32 Å². The number of anilines is 1. The van der Waals surface area contributed by atoms with E-state index in [0.717, 1.165) is 21.6 Å². The molecule has 1 heterocycles. The predicted molar refractivity (Wildman–Crippen MR) is 127 cm³/mol. The number of nitrogens with one attached hydrogen (secondary N) is 1. The van der Waals surface area contributed by atoms with Crippen molar-refractivity contribution in [2.75, 3.05) is 4.90 Å². The normalized spacial score (nSPS) is 15.1. The largest absolute Gasteiger partial charge is 0.488 e. The maximum atomic E-state index is 13.3. The van der Waals surface area contributed by atoms with Gasteiger partial charge in [0.25, 0.3) is 11.8 Å². The van der Waals surface area contributed by atoms with Gasteiger partial charge in [0.1, 0.15) is 17.9 Å². The van der Waals surface area contributed by atoms with Crippen LogP contribution in [0, 0.1) is 13.8 Å². The molecule has 4 amide bonds. The number of aryl methyl sites for hydroxylation is 2. The lowest BCUT2D eigenvalue weighted by atomic mass is 10.0. The Morgan fingerprint density at radius 1 is 0.970 bits per heavy atom. The van der Waals surface area contributed by atoms with Crippen molar-refractivity contribution in [2.45, 2.75) is 20.5 Å². The molecule has 0 radical (unpaired) electrons. The van der Waals surface area contributed by atoms with E-state index in [-0.39, 0.29) is 12.2 Å². The summed E-state index contributed by atoms with van der Waals surface area (Å²) in [7, 11) is 0. The first kappa shape index (κ1) is 22.3. The highest BCUT2D eigenvalue weighted by Crippen LogP contribution is 2.28. The van der Waals surface area contributed by atoms with Gasteiger partial charge >= 0.3 is 6.03 Å². The van der Waals surface area contributed by atoms with Crippen LogP contribution in [-0.2, 0) is 16.2 Å². The highest BCUT2D eigenvalue weighted by Gasteiger charge is 2.37. The highest BCUT2D eigenvalue weighted by molar-refractivity contribution is 6.39. The topological polar surface area (TPSA) is 75.7 Å². The Hall–Kier alpha value is -3.90. The molecule has 0 aliphatic carbocycles. The molecule has 6 nitrogen and oxygen atoms in total.